The maximum Gasteiger partial charge on any atom is 0.234 e. The van der Waals surface area contributed by atoms with Gasteiger partial charge in [0.05, 0.1) is 5.75 Å². The van der Waals surface area contributed by atoms with Crippen LogP contribution in [0.25, 0.3) is 5.82 Å². The molecule has 25 heavy (non-hydrogen) atoms. The first-order valence-corrected chi connectivity index (χ1v) is 8.46. The highest BCUT2D eigenvalue weighted by molar-refractivity contribution is 7.99. The van der Waals surface area contributed by atoms with E-state index in [0.29, 0.717) is 22.1 Å². The second kappa shape index (κ2) is 7.71. The summed E-state index contributed by atoms with van der Waals surface area (Å²) in [5.74, 6) is 0.640. The van der Waals surface area contributed by atoms with Crippen LogP contribution < -0.4 is 5.32 Å². The fourth-order valence-electron chi connectivity index (χ4n) is 2.07. The number of rotatable bonds is 6. The third-order valence-corrected chi connectivity index (χ3v) is 4.22. The lowest BCUT2D eigenvalue weighted by atomic mass is 10.1. The number of Topliss-reactive ketones (excluding diaryl/α,β-unsaturated/α-hetero) is 1. The Morgan fingerprint density at radius 1 is 1.20 bits per heavy atom. The Labute approximate surface area is 148 Å². The smallest absolute Gasteiger partial charge is 0.234 e. The molecular weight excluding hydrogens is 338 g/mol. The first-order valence-electron chi connectivity index (χ1n) is 7.47. The highest BCUT2D eigenvalue weighted by atomic mass is 32.2. The Morgan fingerprint density at radius 3 is 2.76 bits per heavy atom. The summed E-state index contributed by atoms with van der Waals surface area (Å²) in [7, 11) is 0. The number of benzene rings is 1. The standard InChI is InChI=1S/C17H15N5O2S/c1-12(23)13-3-2-4-14(9-13)19-16(24)10-25-17-6-5-15(20-21-17)22-8-7-18-11-22/h2-9,11H,10H2,1H3,(H,19,24). The molecule has 3 aromatic rings. The molecule has 1 amide bonds. The van der Waals surface area contributed by atoms with Crippen molar-refractivity contribution >= 4 is 29.1 Å². The number of thioether (sulfide) groups is 1. The van der Waals surface area contributed by atoms with Gasteiger partial charge in [0.25, 0.3) is 0 Å². The number of hydrogen-bond acceptors (Lipinski definition) is 6. The van der Waals surface area contributed by atoms with Gasteiger partial charge >= 0.3 is 0 Å². The molecule has 1 aromatic carbocycles. The van der Waals surface area contributed by atoms with Crippen molar-refractivity contribution in [3.05, 3.63) is 60.7 Å². The summed E-state index contributed by atoms with van der Waals surface area (Å²) in [6.45, 7) is 1.49. The molecule has 0 saturated heterocycles. The number of nitrogens with zero attached hydrogens (tertiary/aromatic N) is 4. The summed E-state index contributed by atoms with van der Waals surface area (Å²) in [6, 6.07) is 10.5. The van der Waals surface area contributed by atoms with Gasteiger partial charge in [0.1, 0.15) is 11.4 Å². The molecule has 2 heterocycles. The Bertz CT molecular complexity index is 878. The second-order valence-corrected chi connectivity index (χ2v) is 6.17. The van der Waals surface area contributed by atoms with Crippen molar-refractivity contribution in [1.29, 1.82) is 0 Å². The predicted molar refractivity (Wildman–Crippen MR) is 95.0 cm³/mol. The van der Waals surface area contributed by atoms with Gasteiger partial charge in [-0.15, -0.1) is 10.2 Å². The molecule has 0 aliphatic heterocycles. The maximum atomic E-state index is 12.0. The van der Waals surface area contributed by atoms with Gasteiger partial charge in [-0.1, -0.05) is 23.9 Å². The molecule has 8 heteroatoms. The van der Waals surface area contributed by atoms with E-state index in [2.05, 4.69) is 20.5 Å². The van der Waals surface area contributed by atoms with Gasteiger partial charge in [-0.05, 0) is 31.2 Å². The fourth-order valence-corrected chi connectivity index (χ4v) is 2.69. The van der Waals surface area contributed by atoms with E-state index >= 15 is 0 Å². The van der Waals surface area contributed by atoms with Crippen molar-refractivity contribution in [2.45, 2.75) is 11.9 Å². The molecule has 0 bridgehead atoms. The molecule has 7 nitrogen and oxygen atoms in total. The van der Waals surface area contributed by atoms with Crippen LogP contribution in [-0.4, -0.2) is 37.2 Å². The van der Waals surface area contributed by atoms with E-state index in [4.69, 9.17) is 0 Å². The fraction of sp³-hybridized carbons (Fsp3) is 0.118. The molecule has 0 atom stereocenters. The molecular formula is C17H15N5O2S. The van der Waals surface area contributed by atoms with Gasteiger partial charge in [0, 0.05) is 23.6 Å². The first kappa shape index (κ1) is 16.8. The maximum absolute atomic E-state index is 12.0. The van der Waals surface area contributed by atoms with Crippen LogP contribution in [0, 0.1) is 0 Å². The van der Waals surface area contributed by atoms with Crippen LogP contribution in [0.3, 0.4) is 0 Å². The molecule has 0 aliphatic rings. The van der Waals surface area contributed by atoms with Gasteiger partial charge in [-0.2, -0.15) is 0 Å². The molecule has 0 fully saturated rings. The Balaban J connectivity index is 1.55. The normalized spacial score (nSPS) is 10.4. The molecule has 2 aromatic heterocycles. The van der Waals surface area contributed by atoms with Gasteiger partial charge < -0.3 is 5.32 Å². The van der Waals surface area contributed by atoms with Crippen LogP contribution in [0.2, 0.25) is 0 Å². The average molecular weight is 353 g/mol. The Hall–Kier alpha value is -3.00. The molecule has 0 aliphatic carbocycles. The number of nitrogens with one attached hydrogen (secondary N) is 1. The van der Waals surface area contributed by atoms with E-state index in [0.717, 1.165) is 0 Å². The zero-order valence-electron chi connectivity index (χ0n) is 13.4. The molecule has 3 rings (SSSR count). The van der Waals surface area contributed by atoms with Crippen LogP contribution in [-0.2, 0) is 4.79 Å². The highest BCUT2D eigenvalue weighted by Gasteiger charge is 2.07. The zero-order valence-corrected chi connectivity index (χ0v) is 14.2. The SMILES string of the molecule is CC(=O)c1cccc(NC(=O)CSc2ccc(-n3ccnc3)nn2)c1. The average Bonchev–Trinajstić information content (AvgIpc) is 3.15. The summed E-state index contributed by atoms with van der Waals surface area (Å²) in [4.78, 5) is 27.4. The number of aromatic nitrogens is 4. The van der Waals surface area contributed by atoms with E-state index in [-0.39, 0.29) is 17.4 Å². The van der Waals surface area contributed by atoms with Crippen molar-refractivity contribution in [3.63, 3.8) is 0 Å². The van der Waals surface area contributed by atoms with E-state index in [1.165, 1.54) is 18.7 Å². The second-order valence-electron chi connectivity index (χ2n) is 5.17. The van der Waals surface area contributed by atoms with Gasteiger partial charge in [-0.3, -0.25) is 14.2 Å². The third kappa shape index (κ3) is 4.51. The Kier molecular flexibility index (Phi) is 5.20. The summed E-state index contributed by atoms with van der Waals surface area (Å²) in [6.07, 6.45) is 5.08. The Morgan fingerprint density at radius 2 is 2.08 bits per heavy atom. The van der Waals surface area contributed by atoms with Crippen molar-refractivity contribution in [1.82, 2.24) is 19.7 Å². The van der Waals surface area contributed by atoms with E-state index < -0.39 is 0 Å². The topological polar surface area (TPSA) is 89.8 Å². The zero-order chi connectivity index (χ0) is 17.6. The minimum Gasteiger partial charge on any atom is -0.325 e. The van der Waals surface area contributed by atoms with Gasteiger partial charge in [-0.25, -0.2) is 4.98 Å². The lowest BCUT2D eigenvalue weighted by Crippen LogP contribution is -2.14. The summed E-state index contributed by atoms with van der Waals surface area (Å²) < 4.78 is 1.75. The van der Waals surface area contributed by atoms with Crippen molar-refractivity contribution in [2.24, 2.45) is 0 Å². The van der Waals surface area contributed by atoms with Crippen LogP contribution in [0.5, 0.6) is 0 Å². The molecule has 0 radical (unpaired) electrons. The van der Waals surface area contributed by atoms with Gasteiger partial charge in [0.2, 0.25) is 5.91 Å². The number of hydrogen-bond donors (Lipinski definition) is 1. The lowest BCUT2D eigenvalue weighted by molar-refractivity contribution is -0.113. The third-order valence-electron chi connectivity index (χ3n) is 3.30. The highest BCUT2D eigenvalue weighted by Crippen LogP contribution is 2.17. The van der Waals surface area contributed by atoms with Crippen LogP contribution in [0.4, 0.5) is 5.69 Å². The number of carbonyl (C=O) groups excluding carboxylic acids is 2. The van der Waals surface area contributed by atoms with Gasteiger partial charge in [0.15, 0.2) is 11.6 Å². The van der Waals surface area contributed by atoms with Crippen LogP contribution in [0.15, 0.2) is 60.1 Å². The molecule has 0 unspecified atom stereocenters. The number of carbonyl (C=O) groups is 2. The predicted octanol–water partition coefficient (Wildman–Crippen LogP) is 2.60. The molecule has 0 saturated carbocycles. The monoisotopic (exact) mass is 353 g/mol. The molecule has 126 valence electrons. The quantitative estimate of drug-likeness (QED) is 0.541. The molecule has 1 N–H and O–H groups in total. The minimum atomic E-state index is -0.175. The van der Waals surface area contributed by atoms with E-state index in [9.17, 15) is 9.59 Å². The number of ketones is 1. The van der Waals surface area contributed by atoms with Crippen molar-refractivity contribution in [3.8, 4) is 5.82 Å². The lowest BCUT2D eigenvalue weighted by Gasteiger charge is -2.06. The largest absolute Gasteiger partial charge is 0.325 e. The summed E-state index contributed by atoms with van der Waals surface area (Å²) in [5.41, 5.74) is 1.16. The van der Waals surface area contributed by atoms with Crippen LogP contribution in [0.1, 0.15) is 17.3 Å². The van der Waals surface area contributed by atoms with E-state index in [1.54, 1.807) is 53.6 Å². The summed E-state index contributed by atoms with van der Waals surface area (Å²) >= 11 is 1.29. The van der Waals surface area contributed by atoms with Crippen molar-refractivity contribution < 1.29 is 9.59 Å². The van der Waals surface area contributed by atoms with Crippen molar-refractivity contribution in [2.75, 3.05) is 11.1 Å². The minimum absolute atomic E-state index is 0.0428. The molecule has 0 spiro atoms. The number of imidazole rings is 1. The number of amides is 1. The van der Waals surface area contributed by atoms with Crippen LogP contribution >= 0.6 is 11.8 Å². The first-order chi connectivity index (χ1) is 12.1. The summed E-state index contributed by atoms with van der Waals surface area (Å²) in [5, 5.41) is 11.6. The van der Waals surface area contributed by atoms with E-state index in [1.807, 2.05) is 6.07 Å². The number of anilines is 1.